The van der Waals surface area contributed by atoms with Gasteiger partial charge in [-0.05, 0) is 38.8 Å². The third-order valence-electron chi connectivity index (χ3n) is 4.35. The molecule has 2 rings (SSSR count). The Labute approximate surface area is 134 Å². The summed E-state index contributed by atoms with van der Waals surface area (Å²) < 4.78 is 11.4. The van der Waals surface area contributed by atoms with Gasteiger partial charge in [0.15, 0.2) is 6.29 Å². The Kier molecular flexibility index (Phi) is 7.33. The SMILES string of the molecule is CCOC(C[C@H]1CCCN1[C@@H](CO)c1ccccc1)OCC. The third kappa shape index (κ3) is 4.53. The number of aliphatic hydroxyl groups excluding tert-OH is 1. The van der Waals surface area contributed by atoms with Gasteiger partial charge in [0.1, 0.15) is 0 Å². The molecule has 1 aromatic carbocycles. The lowest BCUT2D eigenvalue weighted by Crippen LogP contribution is -2.38. The van der Waals surface area contributed by atoms with Crippen LogP contribution < -0.4 is 0 Å². The van der Waals surface area contributed by atoms with E-state index in [9.17, 15) is 5.11 Å². The molecule has 0 aliphatic carbocycles. The van der Waals surface area contributed by atoms with Crippen LogP contribution in [0.4, 0.5) is 0 Å². The molecule has 0 amide bonds. The molecule has 0 unspecified atom stereocenters. The summed E-state index contributed by atoms with van der Waals surface area (Å²) in [5.41, 5.74) is 1.18. The second-order valence-corrected chi connectivity index (χ2v) is 5.72. The van der Waals surface area contributed by atoms with Gasteiger partial charge in [-0.15, -0.1) is 0 Å². The smallest absolute Gasteiger partial charge is 0.159 e. The zero-order valence-electron chi connectivity index (χ0n) is 13.8. The van der Waals surface area contributed by atoms with Gasteiger partial charge in [-0.25, -0.2) is 0 Å². The molecule has 2 atom stereocenters. The Hall–Kier alpha value is -0.940. The van der Waals surface area contributed by atoms with E-state index in [1.165, 1.54) is 12.0 Å². The molecule has 1 saturated heterocycles. The molecule has 1 N–H and O–H groups in total. The van der Waals surface area contributed by atoms with Crippen LogP contribution in [0.5, 0.6) is 0 Å². The zero-order valence-corrected chi connectivity index (χ0v) is 13.8. The minimum Gasteiger partial charge on any atom is -0.394 e. The van der Waals surface area contributed by atoms with Crippen LogP contribution in [0.2, 0.25) is 0 Å². The van der Waals surface area contributed by atoms with Crippen molar-refractivity contribution in [2.45, 2.75) is 51.5 Å². The van der Waals surface area contributed by atoms with Crippen molar-refractivity contribution in [3.63, 3.8) is 0 Å². The Morgan fingerprint density at radius 1 is 1.18 bits per heavy atom. The third-order valence-corrected chi connectivity index (χ3v) is 4.35. The molecular weight excluding hydrogens is 278 g/mol. The summed E-state index contributed by atoms with van der Waals surface area (Å²) in [6, 6.07) is 10.7. The fraction of sp³-hybridized carbons (Fsp3) is 0.667. The molecule has 1 aliphatic rings. The molecule has 1 fully saturated rings. The highest BCUT2D eigenvalue weighted by atomic mass is 16.7. The molecule has 1 aliphatic heterocycles. The molecular formula is C18H29NO3. The summed E-state index contributed by atoms with van der Waals surface area (Å²) >= 11 is 0. The van der Waals surface area contributed by atoms with Crippen LogP contribution in [0.25, 0.3) is 0 Å². The molecule has 22 heavy (non-hydrogen) atoms. The predicted molar refractivity (Wildman–Crippen MR) is 87.7 cm³/mol. The number of ether oxygens (including phenoxy) is 2. The highest BCUT2D eigenvalue weighted by Crippen LogP contribution is 2.31. The van der Waals surface area contributed by atoms with E-state index in [1.54, 1.807) is 0 Å². The van der Waals surface area contributed by atoms with Crippen molar-refractivity contribution < 1.29 is 14.6 Å². The number of likely N-dealkylation sites (tertiary alicyclic amines) is 1. The second-order valence-electron chi connectivity index (χ2n) is 5.72. The molecule has 1 heterocycles. The summed E-state index contributed by atoms with van der Waals surface area (Å²) in [7, 11) is 0. The van der Waals surface area contributed by atoms with Gasteiger partial charge >= 0.3 is 0 Å². The summed E-state index contributed by atoms with van der Waals surface area (Å²) in [5, 5.41) is 9.89. The molecule has 0 saturated carbocycles. The number of rotatable bonds is 9. The van der Waals surface area contributed by atoms with E-state index >= 15 is 0 Å². The minimum atomic E-state index is -0.143. The van der Waals surface area contributed by atoms with Crippen LogP contribution >= 0.6 is 0 Å². The molecule has 4 heteroatoms. The zero-order chi connectivity index (χ0) is 15.8. The normalized spacial score (nSPS) is 20.6. The lowest BCUT2D eigenvalue weighted by atomic mass is 10.0. The van der Waals surface area contributed by atoms with Crippen LogP contribution in [-0.4, -0.2) is 48.7 Å². The predicted octanol–water partition coefficient (Wildman–Crippen LogP) is 2.97. The standard InChI is InChI=1S/C18H29NO3/c1-3-21-18(22-4-2)13-16-11-8-12-19(16)17(14-20)15-9-6-5-7-10-15/h5-7,9-10,16-18,20H,3-4,8,11-14H2,1-2H3/t16-,17+/m1/s1. The monoisotopic (exact) mass is 307 g/mol. The first-order chi connectivity index (χ1) is 10.8. The van der Waals surface area contributed by atoms with Crippen molar-refractivity contribution in [2.75, 3.05) is 26.4 Å². The van der Waals surface area contributed by atoms with Gasteiger partial charge in [0.2, 0.25) is 0 Å². The highest BCUT2D eigenvalue weighted by Gasteiger charge is 2.33. The van der Waals surface area contributed by atoms with Crippen molar-refractivity contribution in [2.24, 2.45) is 0 Å². The van der Waals surface area contributed by atoms with E-state index in [2.05, 4.69) is 17.0 Å². The lowest BCUT2D eigenvalue weighted by Gasteiger charge is -2.34. The van der Waals surface area contributed by atoms with E-state index in [-0.39, 0.29) is 18.9 Å². The van der Waals surface area contributed by atoms with Crippen LogP contribution in [0.3, 0.4) is 0 Å². The van der Waals surface area contributed by atoms with Gasteiger partial charge in [-0.3, -0.25) is 4.90 Å². The number of nitrogens with zero attached hydrogens (tertiary/aromatic N) is 1. The first kappa shape index (κ1) is 17.4. The maximum atomic E-state index is 9.89. The average Bonchev–Trinajstić information content (AvgIpc) is 2.98. The van der Waals surface area contributed by atoms with E-state index in [4.69, 9.17) is 9.47 Å². The second kappa shape index (κ2) is 9.26. The Bertz CT molecular complexity index is 406. The van der Waals surface area contributed by atoms with E-state index in [0.717, 1.165) is 19.4 Å². The highest BCUT2D eigenvalue weighted by molar-refractivity contribution is 5.19. The van der Waals surface area contributed by atoms with E-state index < -0.39 is 0 Å². The average molecular weight is 307 g/mol. The van der Waals surface area contributed by atoms with E-state index in [0.29, 0.717) is 19.3 Å². The van der Waals surface area contributed by atoms with Crippen LogP contribution in [0.1, 0.15) is 44.7 Å². The van der Waals surface area contributed by atoms with Crippen LogP contribution in [0, 0.1) is 0 Å². The maximum Gasteiger partial charge on any atom is 0.159 e. The van der Waals surface area contributed by atoms with Crippen LogP contribution in [-0.2, 0) is 9.47 Å². The summed E-state index contributed by atoms with van der Waals surface area (Å²) in [6.45, 7) is 6.50. The Morgan fingerprint density at radius 2 is 1.86 bits per heavy atom. The van der Waals surface area contributed by atoms with Crippen molar-refractivity contribution in [3.05, 3.63) is 35.9 Å². The Balaban J connectivity index is 2.05. The fourth-order valence-electron chi connectivity index (χ4n) is 3.38. The van der Waals surface area contributed by atoms with Gasteiger partial charge < -0.3 is 14.6 Å². The quantitative estimate of drug-likeness (QED) is 0.712. The molecule has 4 nitrogen and oxygen atoms in total. The topological polar surface area (TPSA) is 41.9 Å². The number of hydrogen-bond donors (Lipinski definition) is 1. The fourth-order valence-corrected chi connectivity index (χ4v) is 3.38. The van der Waals surface area contributed by atoms with Crippen molar-refractivity contribution in [3.8, 4) is 0 Å². The number of hydrogen-bond acceptors (Lipinski definition) is 4. The van der Waals surface area contributed by atoms with Gasteiger partial charge in [0, 0.05) is 25.7 Å². The van der Waals surface area contributed by atoms with Gasteiger partial charge in [-0.2, -0.15) is 0 Å². The lowest BCUT2D eigenvalue weighted by molar-refractivity contribution is -0.148. The summed E-state index contributed by atoms with van der Waals surface area (Å²) in [4.78, 5) is 2.42. The number of benzene rings is 1. The van der Waals surface area contributed by atoms with Gasteiger partial charge in [0.25, 0.3) is 0 Å². The van der Waals surface area contributed by atoms with Crippen molar-refractivity contribution >= 4 is 0 Å². The summed E-state index contributed by atoms with van der Waals surface area (Å²) in [6.07, 6.45) is 3.03. The Morgan fingerprint density at radius 3 is 2.45 bits per heavy atom. The molecule has 0 aromatic heterocycles. The molecule has 1 aromatic rings. The first-order valence-corrected chi connectivity index (χ1v) is 8.44. The molecule has 124 valence electrons. The van der Waals surface area contributed by atoms with Crippen molar-refractivity contribution in [1.29, 1.82) is 0 Å². The summed E-state index contributed by atoms with van der Waals surface area (Å²) in [5.74, 6) is 0. The van der Waals surface area contributed by atoms with Crippen LogP contribution in [0.15, 0.2) is 30.3 Å². The molecule has 0 spiro atoms. The van der Waals surface area contributed by atoms with Crippen molar-refractivity contribution in [1.82, 2.24) is 4.90 Å². The van der Waals surface area contributed by atoms with Gasteiger partial charge in [-0.1, -0.05) is 30.3 Å². The minimum absolute atomic E-state index is 0.0672. The first-order valence-electron chi connectivity index (χ1n) is 8.44. The molecule has 0 bridgehead atoms. The van der Waals surface area contributed by atoms with E-state index in [1.807, 2.05) is 32.0 Å². The molecule has 0 radical (unpaired) electrons. The van der Waals surface area contributed by atoms with Gasteiger partial charge in [0.05, 0.1) is 12.6 Å². The maximum absolute atomic E-state index is 9.89. The largest absolute Gasteiger partial charge is 0.394 e. The number of aliphatic hydroxyl groups is 1.